The van der Waals surface area contributed by atoms with E-state index < -0.39 is 11.4 Å². The lowest BCUT2D eigenvalue weighted by atomic mass is 9.78. The van der Waals surface area contributed by atoms with Crippen LogP contribution in [0.15, 0.2) is 43.0 Å². The lowest BCUT2D eigenvalue weighted by Gasteiger charge is -2.43. The zero-order chi connectivity index (χ0) is 21.1. The quantitative estimate of drug-likeness (QED) is 0.675. The first-order chi connectivity index (χ1) is 13.7. The number of hydrogen-bond donors (Lipinski definition) is 1. The molecule has 29 heavy (non-hydrogen) atoms. The van der Waals surface area contributed by atoms with Crippen LogP contribution in [0.3, 0.4) is 0 Å². The Labute approximate surface area is 173 Å². The van der Waals surface area contributed by atoms with Crippen molar-refractivity contribution in [1.82, 2.24) is 5.32 Å². The van der Waals surface area contributed by atoms with Gasteiger partial charge in [-0.25, -0.2) is 0 Å². The molecule has 1 aliphatic carbocycles. The largest absolute Gasteiger partial charge is 0.371 e. The summed E-state index contributed by atoms with van der Waals surface area (Å²) in [5.74, 6) is -0.864. The lowest BCUT2D eigenvalue weighted by molar-refractivity contribution is -0.180. The molecular formula is C23H33NO5. The van der Waals surface area contributed by atoms with Crippen molar-refractivity contribution in [2.45, 2.75) is 82.9 Å². The first-order valence-corrected chi connectivity index (χ1v) is 10.3. The third kappa shape index (κ3) is 5.25. The summed E-state index contributed by atoms with van der Waals surface area (Å²) < 4.78 is 24.6. The van der Waals surface area contributed by atoms with Crippen LogP contribution < -0.4 is 5.32 Å². The summed E-state index contributed by atoms with van der Waals surface area (Å²) in [4.78, 5) is 13.3. The van der Waals surface area contributed by atoms with Crippen molar-refractivity contribution >= 4 is 5.91 Å². The fourth-order valence-electron chi connectivity index (χ4n) is 4.09. The van der Waals surface area contributed by atoms with E-state index in [1.165, 1.54) is 0 Å². The summed E-state index contributed by atoms with van der Waals surface area (Å²) >= 11 is 0. The number of carbonyl (C=O) groups excluding carboxylic acids is 1. The van der Waals surface area contributed by atoms with Gasteiger partial charge in [-0.15, -0.1) is 6.58 Å². The fraction of sp³-hybridized carbons (Fsp3) is 0.609. The topological polar surface area (TPSA) is 66.0 Å². The van der Waals surface area contributed by atoms with Crippen molar-refractivity contribution in [2.75, 3.05) is 6.61 Å². The lowest BCUT2D eigenvalue weighted by Crippen LogP contribution is -2.60. The van der Waals surface area contributed by atoms with E-state index in [9.17, 15) is 4.79 Å². The molecule has 2 aliphatic rings. The molecule has 0 aromatic heterocycles. The molecule has 160 valence electrons. The van der Waals surface area contributed by atoms with Gasteiger partial charge in [-0.1, -0.05) is 36.4 Å². The molecule has 3 rings (SSSR count). The summed E-state index contributed by atoms with van der Waals surface area (Å²) in [6.45, 7) is 12.1. The Hall–Kier alpha value is -1.73. The van der Waals surface area contributed by atoms with E-state index in [-0.39, 0.29) is 30.3 Å². The third-order valence-electron chi connectivity index (χ3n) is 5.27. The van der Waals surface area contributed by atoms with E-state index >= 15 is 0 Å². The first kappa shape index (κ1) is 22.0. The molecule has 0 unspecified atom stereocenters. The average Bonchev–Trinajstić information content (AvgIpc) is 2.98. The van der Waals surface area contributed by atoms with Crippen molar-refractivity contribution in [3.63, 3.8) is 0 Å². The molecule has 1 amide bonds. The Bertz CT molecular complexity index is 704. The highest BCUT2D eigenvalue weighted by Gasteiger charge is 2.58. The van der Waals surface area contributed by atoms with Gasteiger partial charge < -0.3 is 24.3 Å². The SMILES string of the molecule is C=CCO[C@H]1C[C@](OCc2ccccc2)(C(=O)NC(C)C)C[C@H]2OC(C)(C)O[C@@H]12. The minimum absolute atomic E-state index is 0.00200. The second kappa shape index (κ2) is 8.96. The van der Waals surface area contributed by atoms with Crippen molar-refractivity contribution in [2.24, 2.45) is 0 Å². The smallest absolute Gasteiger partial charge is 0.252 e. The summed E-state index contributed by atoms with van der Waals surface area (Å²) in [6.07, 6.45) is 1.65. The Balaban J connectivity index is 1.88. The van der Waals surface area contributed by atoms with Crippen molar-refractivity contribution < 1.29 is 23.7 Å². The van der Waals surface area contributed by atoms with Crippen LogP contribution in [-0.2, 0) is 30.3 Å². The highest BCUT2D eigenvalue weighted by molar-refractivity contribution is 5.85. The molecule has 1 N–H and O–H groups in total. The summed E-state index contributed by atoms with van der Waals surface area (Å²) in [5, 5.41) is 3.03. The molecule has 1 aliphatic heterocycles. The van der Waals surface area contributed by atoms with E-state index in [2.05, 4.69) is 11.9 Å². The minimum atomic E-state index is -1.06. The summed E-state index contributed by atoms with van der Waals surface area (Å²) in [7, 11) is 0. The van der Waals surface area contributed by atoms with Crippen LogP contribution in [0.1, 0.15) is 46.1 Å². The molecular weight excluding hydrogens is 370 g/mol. The fourth-order valence-corrected chi connectivity index (χ4v) is 4.09. The van der Waals surface area contributed by atoms with Crippen LogP contribution in [0, 0.1) is 0 Å². The van der Waals surface area contributed by atoms with Crippen LogP contribution in [-0.4, -0.2) is 48.3 Å². The molecule has 6 nitrogen and oxygen atoms in total. The van der Waals surface area contributed by atoms with E-state index in [4.69, 9.17) is 18.9 Å². The molecule has 2 fully saturated rings. The van der Waals surface area contributed by atoms with E-state index in [1.807, 2.05) is 58.0 Å². The van der Waals surface area contributed by atoms with Gasteiger partial charge in [-0.2, -0.15) is 0 Å². The maximum absolute atomic E-state index is 13.3. The van der Waals surface area contributed by atoms with Crippen LogP contribution in [0.5, 0.6) is 0 Å². The Morgan fingerprint density at radius 2 is 2.00 bits per heavy atom. The highest BCUT2D eigenvalue weighted by Crippen LogP contribution is 2.44. The van der Waals surface area contributed by atoms with Gasteiger partial charge in [-0.05, 0) is 33.3 Å². The van der Waals surface area contributed by atoms with Crippen LogP contribution in [0.25, 0.3) is 0 Å². The highest BCUT2D eigenvalue weighted by atomic mass is 16.8. The molecule has 1 aromatic rings. The van der Waals surface area contributed by atoms with Gasteiger partial charge in [-0.3, -0.25) is 4.79 Å². The zero-order valence-corrected chi connectivity index (χ0v) is 17.9. The zero-order valence-electron chi connectivity index (χ0n) is 17.9. The summed E-state index contributed by atoms with van der Waals surface area (Å²) in [6, 6.07) is 9.86. The number of nitrogens with one attached hydrogen (secondary N) is 1. The number of benzene rings is 1. The number of fused-ring (bicyclic) bond motifs is 1. The number of hydrogen-bond acceptors (Lipinski definition) is 5. The number of ether oxygens (including phenoxy) is 4. The molecule has 0 radical (unpaired) electrons. The molecule has 6 heteroatoms. The first-order valence-electron chi connectivity index (χ1n) is 10.3. The monoisotopic (exact) mass is 403 g/mol. The van der Waals surface area contributed by atoms with Crippen molar-refractivity contribution in [1.29, 1.82) is 0 Å². The van der Waals surface area contributed by atoms with Crippen LogP contribution in [0.2, 0.25) is 0 Å². The molecule has 1 heterocycles. The molecule has 1 saturated heterocycles. The molecule has 4 atom stereocenters. The number of carbonyl (C=O) groups is 1. The predicted octanol–water partition coefficient (Wildman–Crippen LogP) is 3.35. The Morgan fingerprint density at radius 3 is 2.66 bits per heavy atom. The average molecular weight is 404 g/mol. The van der Waals surface area contributed by atoms with Crippen LogP contribution >= 0.6 is 0 Å². The standard InChI is InChI=1S/C23H33NO5/c1-6-12-26-18-13-23(21(25)24-16(2)3,27-15-17-10-8-7-9-11-17)14-19-20(18)29-22(4,5)28-19/h6-11,16,18-20H,1,12-15H2,2-5H3,(H,24,25)/t18-,19+,20-,23+/m0/s1. The number of amides is 1. The summed E-state index contributed by atoms with van der Waals surface area (Å²) in [5.41, 5.74) is -0.0458. The van der Waals surface area contributed by atoms with Crippen molar-refractivity contribution in [3.8, 4) is 0 Å². The maximum Gasteiger partial charge on any atom is 0.252 e. The van der Waals surface area contributed by atoms with E-state index in [0.29, 0.717) is 26.1 Å². The molecule has 0 spiro atoms. The Kier molecular flexibility index (Phi) is 6.79. The van der Waals surface area contributed by atoms with Gasteiger partial charge >= 0.3 is 0 Å². The second-order valence-electron chi connectivity index (χ2n) is 8.60. The maximum atomic E-state index is 13.3. The van der Waals surface area contributed by atoms with Gasteiger partial charge in [0.25, 0.3) is 5.91 Å². The number of rotatable bonds is 8. The van der Waals surface area contributed by atoms with Gasteiger partial charge in [0.1, 0.15) is 6.10 Å². The molecule has 1 saturated carbocycles. The predicted molar refractivity (Wildman–Crippen MR) is 110 cm³/mol. The van der Waals surface area contributed by atoms with Gasteiger partial charge in [0, 0.05) is 18.9 Å². The second-order valence-corrected chi connectivity index (χ2v) is 8.60. The van der Waals surface area contributed by atoms with Gasteiger partial charge in [0.2, 0.25) is 0 Å². The third-order valence-corrected chi connectivity index (χ3v) is 5.27. The van der Waals surface area contributed by atoms with Gasteiger partial charge in [0.05, 0.1) is 25.4 Å². The Morgan fingerprint density at radius 1 is 1.28 bits per heavy atom. The normalized spacial score (nSPS) is 30.7. The molecule has 1 aromatic carbocycles. The van der Waals surface area contributed by atoms with E-state index in [0.717, 1.165) is 5.56 Å². The van der Waals surface area contributed by atoms with Crippen molar-refractivity contribution in [3.05, 3.63) is 48.6 Å². The van der Waals surface area contributed by atoms with Crippen LogP contribution in [0.4, 0.5) is 0 Å². The minimum Gasteiger partial charge on any atom is -0.371 e. The van der Waals surface area contributed by atoms with E-state index in [1.54, 1.807) is 6.08 Å². The van der Waals surface area contributed by atoms with Gasteiger partial charge in [0.15, 0.2) is 11.4 Å². The molecule has 0 bridgehead atoms.